The van der Waals surface area contributed by atoms with E-state index in [2.05, 4.69) is 0 Å². The second-order valence-electron chi connectivity index (χ2n) is 4.14. The Labute approximate surface area is 106 Å². The van der Waals surface area contributed by atoms with Crippen molar-refractivity contribution in [3.05, 3.63) is 71.5 Å². The molecule has 0 spiro atoms. The zero-order valence-electron chi connectivity index (χ0n) is 9.71. The molecule has 18 heavy (non-hydrogen) atoms. The Morgan fingerprint density at radius 3 is 1.83 bits per heavy atom. The van der Waals surface area contributed by atoms with Crippen molar-refractivity contribution in [3.8, 4) is 0 Å². The van der Waals surface area contributed by atoms with E-state index in [4.69, 9.17) is 0 Å². The van der Waals surface area contributed by atoms with E-state index in [-0.39, 0.29) is 17.3 Å². The first-order chi connectivity index (χ1) is 8.55. The molecule has 0 saturated heterocycles. The Morgan fingerprint density at radius 1 is 0.778 bits per heavy atom. The van der Waals surface area contributed by atoms with Crippen LogP contribution in [0.5, 0.6) is 0 Å². The van der Waals surface area contributed by atoms with Crippen LogP contribution in [0.4, 0.5) is 4.39 Å². The molecule has 0 unspecified atom stereocenters. The molecular weight excluding hydrogens is 251 g/mol. The Bertz CT molecular complexity index is 604. The molecule has 2 aromatic carbocycles. The SMILES string of the molecule is O=S(=O)(Cc1ccccc1)Cc1ccc(F)cc1. The van der Waals surface area contributed by atoms with Gasteiger partial charge in [0.05, 0.1) is 11.5 Å². The second kappa shape index (κ2) is 5.31. The summed E-state index contributed by atoms with van der Waals surface area (Å²) in [6, 6.07) is 14.6. The molecule has 0 bridgehead atoms. The normalized spacial score (nSPS) is 11.4. The molecule has 0 aromatic heterocycles. The molecule has 0 aliphatic rings. The Kier molecular flexibility index (Phi) is 3.77. The molecule has 0 aliphatic carbocycles. The van der Waals surface area contributed by atoms with Crippen LogP contribution in [0.2, 0.25) is 0 Å². The molecule has 0 N–H and O–H groups in total. The highest BCUT2D eigenvalue weighted by atomic mass is 32.2. The summed E-state index contributed by atoms with van der Waals surface area (Å²) in [6.45, 7) is 0. The third-order valence-corrected chi connectivity index (χ3v) is 4.08. The van der Waals surface area contributed by atoms with Gasteiger partial charge in [0.2, 0.25) is 0 Å². The first-order valence-electron chi connectivity index (χ1n) is 5.54. The molecule has 0 saturated carbocycles. The summed E-state index contributed by atoms with van der Waals surface area (Å²) in [5.74, 6) is -0.424. The first kappa shape index (κ1) is 12.8. The second-order valence-corrected chi connectivity index (χ2v) is 6.21. The Hall–Kier alpha value is -1.68. The van der Waals surface area contributed by atoms with E-state index in [1.165, 1.54) is 24.3 Å². The lowest BCUT2D eigenvalue weighted by Crippen LogP contribution is -2.07. The molecule has 2 aromatic rings. The van der Waals surface area contributed by atoms with E-state index < -0.39 is 9.84 Å². The van der Waals surface area contributed by atoms with Crippen LogP contribution in [0, 0.1) is 5.82 Å². The molecule has 2 rings (SSSR count). The lowest BCUT2D eigenvalue weighted by Gasteiger charge is -2.04. The average molecular weight is 264 g/mol. The fraction of sp³-hybridized carbons (Fsp3) is 0.143. The predicted molar refractivity (Wildman–Crippen MR) is 69.2 cm³/mol. The van der Waals surface area contributed by atoms with Gasteiger partial charge in [0.15, 0.2) is 9.84 Å². The molecule has 0 fully saturated rings. The van der Waals surface area contributed by atoms with Crippen LogP contribution in [0.3, 0.4) is 0 Å². The maximum atomic E-state index is 12.7. The van der Waals surface area contributed by atoms with Gasteiger partial charge in [-0.3, -0.25) is 0 Å². The molecular formula is C14H13FO2S. The van der Waals surface area contributed by atoms with Crippen molar-refractivity contribution in [2.24, 2.45) is 0 Å². The van der Waals surface area contributed by atoms with Crippen LogP contribution in [0.15, 0.2) is 54.6 Å². The summed E-state index contributed by atoms with van der Waals surface area (Å²) in [6.07, 6.45) is 0. The van der Waals surface area contributed by atoms with Crippen LogP contribution in [0.1, 0.15) is 11.1 Å². The van der Waals surface area contributed by atoms with Gasteiger partial charge in [-0.25, -0.2) is 12.8 Å². The summed E-state index contributed by atoms with van der Waals surface area (Å²) in [7, 11) is -3.22. The van der Waals surface area contributed by atoms with Gasteiger partial charge in [0.25, 0.3) is 0 Å². The minimum absolute atomic E-state index is 0.00518. The van der Waals surface area contributed by atoms with Crippen molar-refractivity contribution in [1.82, 2.24) is 0 Å². The lowest BCUT2D eigenvalue weighted by molar-refractivity contribution is 0.594. The van der Waals surface area contributed by atoms with E-state index >= 15 is 0 Å². The van der Waals surface area contributed by atoms with Crippen LogP contribution < -0.4 is 0 Å². The first-order valence-corrected chi connectivity index (χ1v) is 7.36. The maximum absolute atomic E-state index is 12.7. The topological polar surface area (TPSA) is 34.1 Å². The average Bonchev–Trinajstić information content (AvgIpc) is 2.32. The fourth-order valence-corrected chi connectivity index (χ4v) is 3.22. The van der Waals surface area contributed by atoms with Gasteiger partial charge in [0.1, 0.15) is 5.82 Å². The molecule has 0 radical (unpaired) electrons. The molecule has 0 aliphatic heterocycles. The number of rotatable bonds is 4. The van der Waals surface area contributed by atoms with E-state index in [9.17, 15) is 12.8 Å². The Balaban J connectivity index is 2.10. The van der Waals surface area contributed by atoms with Crippen molar-refractivity contribution < 1.29 is 12.8 Å². The van der Waals surface area contributed by atoms with Gasteiger partial charge in [-0.1, -0.05) is 42.5 Å². The van der Waals surface area contributed by atoms with Crippen molar-refractivity contribution in [3.63, 3.8) is 0 Å². The van der Waals surface area contributed by atoms with Gasteiger partial charge in [-0.2, -0.15) is 0 Å². The number of sulfone groups is 1. The minimum atomic E-state index is -3.22. The predicted octanol–water partition coefficient (Wildman–Crippen LogP) is 2.94. The molecule has 0 atom stereocenters. The third-order valence-electron chi connectivity index (χ3n) is 2.53. The molecule has 0 amide bonds. The van der Waals surface area contributed by atoms with E-state index in [0.29, 0.717) is 5.56 Å². The number of hydrogen-bond acceptors (Lipinski definition) is 2. The number of hydrogen-bond donors (Lipinski definition) is 0. The molecule has 94 valence electrons. The van der Waals surface area contributed by atoms with Gasteiger partial charge in [-0.15, -0.1) is 0 Å². The van der Waals surface area contributed by atoms with Gasteiger partial charge in [-0.05, 0) is 23.3 Å². The fourth-order valence-electron chi connectivity index (χ4n) is 1.71. The smallest absolute Gasteiger partial charge is 0.158 e. The highest BCUT2D eigenvalue weighted by Gasteiger charge is 2.12. The molecule has 2 nitrogen and oxygen atoms in total. The number of benzene rings is 2. The van der Waals surface area contributed by atoms with Crippen LogP contribution in [0.25, 0.3) is 0 Å². The van der Waals surface area contributed by atoms with Crippen LogP contribution >= 0.6 is 0 Å². The third kappa shape index (κ3) is 3.67. The van der Waals surface area contributed by atoms with Crippen molar-refractivity contribution >= 4 is 9.84 Å². The molecule has 4 heteroatoms. The summed E-state index contributed by atoms with van der Waals surface area (Å²) >= 11 is 0. The van der Waals surface area contributed by atoms with Gasteiger partial charge in [0, 0.05) is 0 Å². The number of halogens is 1. The monoisotopic (exact) mass is 264 g/mol. The summed E-state index contributed by atoms with van der Waals surface area (Å²) < 4.78 is 36.6. The quantitative estimate of drug-likeness (QED) is 0.851. The maximum Gasteiger partial charge on any atom is 0.158 e. The van der Waals surface area contributed by atoms with E-state index in [1.807, 2.05) is 18.2 Å². The highest BCUT2D eigenvalue weighted by molar-refractivity contribution is 7.89. The minimum Gasteiger partial charge on any atom is -0.228 e. The van der Waals surface area contributed by atoms with Crippen molar-refractivity contribution in [2.75, 3.05) is 0 Å². The summed E-state index contributed by atoms with van der Waals surface area (Å²) in [5.41, 5.74) is 1.37. The van der Waals surface area contributed by atoms with Crippen molar-refractivity contribution in [2.45, 2.75) is 11.5 Å². The van der Waals surface area contributed by atoms with E-state index in [0.717, 1.165) is 5.56 Å². The van der Waals surface area contributed by atoms with Gasteiger partial charge >= 0.3 is 0 Å². The summed E-state index contributed by atoms with van der Waals surface area (Å²) in [5, 5.41) is 0. The van der Waals surface area contributed by atoms with Crippen molar-refractivity contribution in [1.29, 1.82) is 0 Å². The Morgan fingerprint density at radius 2 is 1.28 bits per heavy atom. The lowest BCUT2D eigenvalue weighted by atomic mass is 10.2. The largest absolute Gasteiger partial charge is 0.228 e. The van der Waals surface area contributed by atoms with Crippen LogP contribution in [-0.2, 0) is 21.3 Å². The van der Waals surface area contributed by atoms with Gasteiger partial charge < -0.3 is 0 Å². The molecule has 0 heterocycles. The zero-order valence-corrected chi connectivity index (χ0v) is 10.5. The zero-order chi connectivity index (χ0) is 13.0. The van der Waals surface area contributed by atoms with E-state index in [1.54, 1.807) is 12.1 Å². The van der Waals surface area contributed by atoms with Crippen LogP contribution in [-0.4, -0.2) is 8.42 Å². The highest BCUT2D eigenvalue weighted by Crippen LogP contribution is 2.12. The standard InChI is InChI=1S/C14H13FO2S/c15-14-8-6-13(7-9-14)11-18(16,17)10-12-4-2-1-3-5-12/h1-9H,10-11H2. The summed E-state index contributed by atoms with van der Waals surface area (Å²) in [4.78, 5) is 0.